The summed E-state index contributed by atoms with van der Waals surface area (Å²) in [6.45, 7) is 6.25. The van der Waals surface area contributed by atoms with Crippen molar-refractivity contribution in [2.24, 2.45) is 0 Å². The van der Waals surface area contributed by atoms with Gasteiger partial charge in [0.2, 0.25) is 0 Å². The highest BCUT2D eigenvalue weighted by Crippen LogP contribution is 2.30. The standard InChI is InChI=1S/C18H28O5S2/c1-5-8-18(23-25(4,20)21)24-16-11-9-15(14(6-2)13-16)10-12-17(19)22-7-3/h9,11,13,18H,5-8,10,12H2,1-4H3/t18-/m1/s1. The van der Waals surface area contributed by atoms with Crippen LogP contribution in [0.25, 0.3) is 0 Å². The molecule has 0 radical (unpaired) electrons. The van der Waals surface area contributed by atoms with Gasteiger partial charge in [-0.3, -0.25) is 8.98 Å². The Bertz CT molecular complexity index is 655. The van der Waals surface area contributed by atoms with E-state index in [2.05, 4.69) is 13.0 Å². The minimum absolute atomic E-state index is 0.187. The molecule has 0 aliphatic carbocycles. The van der Waals surface area contributed by atoms with Crippen molar-refractivity contribution in [1.82, 2.24) is 0 Å². The molecular weight excluding hydrogens is 360 g/mol. The fourth-order valence-corrected chi connectivity index (χ4v) is 4.51. The van der Waals surface area contributed by atoms with E-state index in [1.54, 1.807) is 6.92 Å². The molecule has 0 N–H and O–H groups in total. The van der Waals surface area contributed by atoms with Gasteiger partial charge in [-0.2, -0.15) is 8.42 Å². The molecule has 0 aliphatic heterocycles. The number of carbonyl (C=O) groups is 1. The van der Waals surface area contributed by atoms with Gasteiger partial charge in [0, 0.05) is 11.3 Å². The predicted molar refractivity (Wildman–Crippen MR) is 101 cm³/mol. The lowest BCUT2D eigenvalue weighted by molar-refractivity contribution is -0.143. The van der Waals surface area contributed by atoms with Gasteiger partial charge in [0.25, 0.3) is 10.1 Å². The molecular formula is C18H28O5S2. The zero-order chi connectivity index (χ0) is 18.9. The number of benzene rings is 1. The number of aryl methyl sites for hydroxylation is 2. The summed E-state index contributed by atoms with van der Waals surface area (Å²) in [5.41, 5.74) is 1.86. The van der Waals surface area contributed by atoms with Gasteiger partial charge in [0.05, 0.1) is 12.9 Å². The highest BCUT2D eigenvalue weighted by molar-refractivity contribution is 8.00. The van der Waals surface area contributed by atoms with E-state index in [0.717, 1.165) is 35.1 Å². The third-order valence-corrected chi connectivity index (χ3v) is 5.36. The van der Waals surface area contributed by atoms with Gasteiger partial charge in [-0.05, 0) is 49.4 Å². The lowest BCUT2D eigenvalue weighted by Gasteiger charge is -2.16. The zero-order valence-corrected chi connectivity index (χ0v) is 17.0. The summed E-state index contributed by atoms with van der Waals surface area (Å²) in [5, 5.41) is 0. The lowest BCUT2D eigenvalue weighted by atomic mass is 10.0. The van der Waals surface area contributed by atoms with Crippen LogP contribution in [0.5, 0.6) is 0 Å². The van der Waals surface area contributed by atoms with Crippen molar-refractivity contribution in [2.75, 3.05) is 12.9 Å². The van der Waals surface area contributed by atoms with Crippen LogP contribution in [0.3, 0.4) is 0 Å². The maximum atomic E-state index is 11.5. The molecule has 1 rings (SSSR count). The molecule has 0 spiro atoms. The minimum atomic E-state index is -3.49. The largest absolute Gasteiger partial charge is 0.466 e. The van der Waals surface area contributed by atoms with Crippen molar-refractivity contribution in [3.8, 4) is 0 Å². The van der Waals surface area contributed by atoms with Crippen molar-refractivity contribution < 1.29 is 22.1 Å². The van der Waals surface area contributed by atoms with Crippen LogP contribution >= 0.6 is 11.8 Å². The number of carbonyl (C=O) groups excluding carboxylic acids is 1. The molecule has 1 atom stereocenters. The van der Waals surface area contributed by atoms with E-state index in [1.165, 1.54) is 11.8 Å². The molecule has 0 aromatic heterocycles. The SMILES string of the molecule is CCC[C@H](OS(C)(=O)=O)Sc1ccc(CCC(=O)OCC)c(CC)c1. The van der Waals surface area contributed by atoms with Crippen LogP contribution in [0.2, 0.25) is 0 Å². The van der Waals surface area contributed by atoms with Crippen molar-refractivity contribution in [2.45, 2.75) is 63.2 Å². The summed E-state index contributed by atoms with van der Waals surface area (Å²) in [5.74, 6) is -0.187. The first kappa shape index (κ1) is 22.0. The second-order valence-corrected chi connectivity index (χ2v) is 8.56. The summed E-state index contributed by atoms with van der Waals surface area (Å²) in [4.78, 5) is 12.5. The fraction of sp³-hybridized carbons (Fsp3) is 0.611. The predicted octanol–water partition coefficient (Wildman–Crippen LogP) is 3.94. The van der Waals surface area contributed by atoms with Crippen LogP contribution in [0, 0.1) is 0 Å². The van der Waals surface area contributed by atoms with Gasteiger partial charge in [0.1, 0.15) is 5.44 Å². The average molecular weight is 389 g/mol. The molecule has 0 saturated carbocycles. The van der Waals surface area contributed by atoms with Crippen molar-refractivity contribution >= 4 is 27.8 Å². The highest BCUT2D eigenvalue weighted by Gasteiger charge is 2.17. The molecule has 0 bridgehead atoms. The Labute approximate surface area is 155 Å². The summed E-state index contributed by atoms with van der Waals surface area (Å²) >= 11 is 1.42. The molecule has 0 amide bonds. The van der Waals surface area contributed by atoms with Gasteiger partial charge in [0.15, 0.2) is 0 Å². The summed E-state index contributed by atoms with van der Waals surface area (Å²) in [6.07, 6.45) is 4.42. The number of ether oxygens (including phenoxy) is 1. The monoisotopic (exact) mass is 388 g/mol. The van der Waals surface area contributed by atoms with Crippen LogP contribution in [0.15, 0.2) is 23.1 Å². The Balaban J connectivity index is 2.82. The van der Waals surface area contributed by atoms with Gasteiger partial charge in [-0.25, -0.2) is 0 Å². The van der Waals surface area contributed by atoms with E-state index >= 15 is 0 Å². The topological polar surface area (TPSA) is 69.7 Å². The number of thioether (sulfide) groups is 1. The first-order valence-electron chi connectivity index (χ1n) is 8.61. The summed E-state index contributed by atoms with van der Waals surface area (Å²) in [6, 6.07) is 6.02. The Morgan fingerprint density at radius 1 is 1.20 bits per heavy atom. The van der Waals surface area contributed by atoms with E-state index in [1.807, 2.05) is 19.1 Å². The zero-order valence-electron chi connectivity index (χ0n) is 15.4. The van der Waals surface area contributed by atoms with Gasteiger partial charge in [-0.1, -0.05) is 38.1 Å². The van der Waals surface area contributed by atoms with Crippen LogP contribution in [-0.4, -0.2) is 32.7 Å². The van der Waals surface area contributed by atoms with Crippen molar-refractivity contribution in [3.63, 3.8) is 0 Å². The van der Waals surface area contributed by atoms with Crippen LogP contribution < -0.4 is 0 Å². The molecule has 7 heteroatoms. The Kier molecular flexibility index (Phi) is 9.53. The number of rotatable bonds is 11. The van der Waals surface area contributed by atoms with E-state index < -0.39 is 15.6 Å². The Hall–Kier alpha value is -1.05. The maximum Gasteiger partial charge on any atom is 0.306 e. The van der Waals surface area contributed by atoms with Crippen LogP contribution in [0.4, 0.5) is 0 Å². The average Bonchev–Trinajstić information content (AvgIpc) is 2.52. The Morgan fingerprint density at radius 2 is 1.92 bits per heavy atom. The van der Waals surface area contributed by atoms with E-state index in [9.17, 15) is 13.2 Å². The molecule has 0 aliphatic rings. The second-order valence-electron chi connectivity index (χ2n) is 5.73. The molecule has 0 heterocycles. The summed E-state index contributed by atoms with van der Waals surface area (Å²) < 4.78 is 32.9. The van der Waals surface area contributed by atoms with Gasteiger partial charge in [-0.15, -0.1) is 0 Å². The first-order valence-corrected chi connectivity index (χ1v) is 11.3. The number of hydrogen-bond acceptors (Lipinski definition) is 6. The summed E-state index contributed by atoms with van der Waals surface area (Å²) in [7, 11) is -3.49. The maximum absolute atomic E-state index is 11.5. The first-order chi connectivity index (χ1) is 11.8. The molecule has 0 saturated heterocycles. The molecule has 5 nitrogen and oxygen atoms in total. The van der Waals surface area contributed by atoms with Crippen LogP contribution in [0.1, 0.15) is 51.2 Å². The van der Waals surface area contributed by atoms with E-state index in [-0.39, 0.29) is 5.97 Å². The third-order valence-electron chi connectivity index (χ3n) is 3.54. The van der Waals surface area contributed by atoms with Gasteiger partial charge < -0.3 is 4.74 Å². The highest BCUT2D eigenvalue weighted by atomic mass is 32.2. The van der Waals surface area contributed by atoms with Crippen LogP contribution in [-0.2, 0) is 36.7 Å². The van der Waals surface area contributed by atoms with E-state index in [0.29, 0.717) is 25.9 Å². The van der Waals surface area contributed by atoms with E-state index in [4.69, 9.17) is 8.92 Å². The molecule has 142 valence electrons. The molecule has 1 aromatic rings. The number of esters is 1. The van der Waals surface area contributed by atoms with Crippen molar-refractivity contribution in [1.29, 1.82) is 0 Å². The third kappa shape index (κ3) is 8.74. The normalized spacial score (nSPS) is 12.8. The minimum Gasteiger partial charge on any atom is -0.466 e. The van der Waals surface area contributed by atoms with Crippen molar-refractivity contribution in [3.05, 3.63) is 29.3 Å². The molecule has 0 unspecified atom stereocenters. The lowest BCUT2D eigenvalue weighted by Crippen LogP contribution is -2.14. The smallest absolute Gasteiger partial charge is 0.306 e. The molecule has 0 fully saturated rings. The Morgan fingerprint density at radius 3 is 2.48 bits per heavy atom. The second kappa shape index (κ2) is 10.8. The van der Waals surface area contributed by atoms with Gasteiger partial charge >= 0.3 is 5.97 Å². The molecule has 25 heavy (non-hydrogen) atoms. The molecule has 1 aromatic carbocycles. The fourth-order valence-electron chi connectivity index (χ4n) is 2.43. The quantitative estimate of drug-likeness (QED) is 0.247. The number of hydrogen-bond donors (Lipinski definition) is 0.